The number of fused-ring (bicyclic) bond motifs is 1. The van der Waals surface area contributed by atoms with E-state index in [0.29, 0.717) is 25.2 Å². The number of aromatic nitrogens is 2. The Balaban J connectivity index is 1.57. The molecule has 1 aliphatic rings. The Hall–Kier alpha value is -2.56. The summed E-state index contributed by atoms with van der Waals surface area (Å²) in [6, 6.07) is 8.72. The number of carbonyl (C=O) groups excluding carboxylic acids is 1. The Morgan fingerprint density at radius 3 is 2.83 bits per heavy atom. The predicted octanol–water partition coefficient (Wildman–Crippen LogP) is 3.31. The van der Waals surface area contributed by atoms with E-state index in [1.165, 1.54) is 15.6 Å². The molecule has 1 aliphatic heterocycles. The molecule has 3 aromatic rings. The van der Waals surface area contributed by atoms with E-state index in [-0.39, 0.29) is 29.8 Å². The lowest BCUT2D eigenvalue weighted by Gasteiger charge is -2.20. The first-order valence-corrected chi connectivity index (χ1v) is 12.1. The van der Waals surface area contributed by atoms with E-state index < -0.39 is 10.0 Å². The molecule has 0 fully saturated rings. The number of carbonyl (C=O) groups is 1. The van der Waals surface area contributed by atoms with Crippen LogP contribution in [0.3, 0.4) is 0 Å². The highest BCUT2D eigenvalue weighted by molar-refractivity contribution is 7.89. The fourth-order valence-electron chi connectivity index (χ4n) is 3.48. The SMILES string of the molecule is CCC(=O)N1CCc2cc(S(=O)(=O)N(CC)Cc3nc(-c4cccs4)no3)ccc21. The van der Waals surface area contributed by atoms with E-state index in [4.69, 9.17) is 4.52 Å². The summed E-state index contributed by atoms with van der Waals surface area (Å²) >= 11 is 1.49. The van der Waals surface area contributed by atoms with Crippen LogP contribution in [0.4, 0.5) is 5.69 Å². The topological polar surface area (TPSA) is 96.6 Å². The Kier molecular flexibility index (Phi) is 5.72. The van der Waals surface area contributed by atoms with Crippen LogP contribution in [0.1, 0.15) is 31.7 Å². The van der Waals surface area contributed by atoms with Crippen LogP contribution in [-0.2, 0) is 27.8 Å². The van der Waals surface area contributed by atoms with Gasteiger partial charge in [0.2, 0.25) is 27.6 Å². The summed E-state index contributed by atoms with van der Waals surface area (Å²) in [7, 11) is -3.75. The summed E-state index contributed by atoms with van der Waals surface area (Å²) in [5, 5.41) is 5.86. The quantitative estimate of drug-likeness (QED) is 0.552. The second kappa shape index (κ2) is 8.29. The minimum absolute atomic E-state index is 0.00522. The van der Waals surface area contributed by atoms with E-state index in [0.717, 1.165) is 16.1 Å². The first-order valence-electron chi connectivity index (χ1n) is 9.74. The van der Waals surface area contributed by atoms with Crippen molar-refractivity contribution < 1.29 is 17.7 Å². The first kappa shape index (κ1) is 20.7. The highest BCUT2D eigenvalue weighted by atomic mass is 32.2. The second-order valence-electron chi connectivity index (χ2n) is 6.86. The molecular formula is C20H22N4O4S2. The zero-order chi connectivity index (χ0) is 21.3. The minimum atomic E-state index is -3.75. The van der Waals surface area contributed by atoms with Crippen molar-refractivity contribution in [2.45, 2.75) is 38.1 Å². The average Bonchev–Trinajstić information content (AvgIpc) is 3.50. The molecule has 0 radical (unpaired) electrons. The van der Waals surface area contributed by atoms with Gasteiger partial charge in [0, 0.05) is 25.2 Å². The molecule has 30 heavy (non-hydrogen) atoms. The van der Waals surface area contributed by atoms with Gasteiger partial charge in [0.1, 0.15) is 0 Å². The maximum Gasteiger partial charge on any atom is 0.243 e. The van der Waals surface area contributed by atoms with E-state index in [1.807, 2.05) is 24.4 Å². The highest BCUT2D eigenvalue weighted by Gasteiger charge is 2.29. The lowest BCUT2D eigenvalue weighted by molar-refractivity contribution is -0.118. The van der Waals surface area contributed by atoms with Gasteiger partial charge in [-0.3, -0.25) is 4.79 Å². The zero-order valence-electron chi connectivity index (χ0n) is 16.7. The maximum absolute atomic E-state index is 13.2. The highest BCUT2D eigenvalue weighted by Crippen LogP contribution is 2.32. The summed E-state index contributed by atoms with van der Waals surface area (Å²) in [6.45, 7) is 4.42. The predicted molar refractivity (Wildman–Crippen MR) is 114 cm³/mol. The normalized spacial score (nSPS) is 13.8. The van der Waals surface area contributed by atoms with Gasteiger partial charge >= 0.3 is 0 Å². The number of amides is 1. The molecular weight excluding hydrogens is 424 g/mol. The molecule has 4 rings (SSSR count). The third-order valence-corrected chi connectivity index (χ3v) is 7.84. The van der Waals surface area contributed by atoms with Crippen molar-refractivity contribution in [3.05, 3.63) is 47.2 Å². The molecule has 0 saturated carbocycles. The largest absolute Gasteiger partial charge is 0.337 e. The molecule has 0 aliphatic carbocycles. The average molecular weight is 447 g/mol. The molecule has 1 aromatic carbocycles. The molecule has 10 heteroatoms. The number of benzene rings is 1. The number of sulfonamides is 1. The first-order chi connectivity index (χ1) is 14.4. The molecule has 0 atom stereocenters. The summed E-state index contributed by atoms with van der Waals surface area (Å²) in [6.07, 6.45) is 1.06. The smallest absolute Gasteiger partial charge is 0.243 e. The van der Waals surface area contributed by atoms with Crippen LogP contribution in [0.15, 0.2) is 45.1 Å². The van der Waals surface area contributed by atoms with Gasteiger partial charge in [0.25, 0.3) is 0 Å². The van der Waals surface area contributed by atoms with Gasteiger partial charge in [-0.25, -0.2) is 8.42 Å². The molecule has 1 amide bonds. The van der Waals surface area contributed by atoms with E-state index in [1.54, 1.807) is 30.0 Å². The van der Waals surface area contributed by atoms with Gasteiger partial charge < -0.3 is 9.42 Å². The summed E-state index contributed by atoms with van der Waals surface area (Å²) in [5.74, 6) is 0.730. The number of nitrogens with zero attached hydrogens (tertiary/aromatic N) is 4. The van der Waals surface area contributed by atoms with Gasteiger partial charge in [-0.2, -0.15) is 9.29 Å². The Morgan fingerprint density at radius 2 is 2.13 bits per heavy atom. The van der Waals surface area contributed by atoms with E-state index >= 15 is 0 Å². The number of anilines is 1. The second-order valence-corrected chi connectivity index (χ2v) is 9.75. The van der Waals surface area contributed by atoms with Gasteiger partial charge in [-0.15, -0.1) is 11.3 Å². The summed E-state index contributed by atoms with van der Waals surface area (Å²) < 4.78 is 33.0. The van der Waals surface area contributed by atoms with Crippen molar-refractivity contribution in [1.29, 1.82) is 0 Å². The van der Waals surface area contributed by atoms with Crippen LogP contribution < -0.4 is 4.90 Å². The molecule has 0 bridgehead atoms. The fraction of sp³-hybridized carbons (Fsp3) is 0.350. The van der Waals surface area contributed by atoms with Crippen LogP contribution in [0.25, 0.3) is 10.7 Å². The number of hydrogen-bond donors (Lipinski definition) is 0. The molecule has 0 unspecified atom stereocenters. The van der Waals surface area contributed by atoms with Crippen LogP contribution in [0.2, 0.25) is 0 Å². The number of rotatable bonds is 7. The van der Waals surface area contributed by atoms with Gasteiger partial charge in [-0.05, 0) is 41.6 Å². The molecule has 2 aromatic heterocycles. The number of hydrogen-bond acceptors (Lipinski definition) is 7. The van der Waals surface area contributed by atoms with Crippen LogP contribution in [0.5, 0.6) is 0 Å². The molecule has 0 N–H and O–H groups in total. The number of thiophene rings is 1. The van der Waals surface area contributed by atoms with Crippen molar-refractivity contribution in [2.24, 2.45) is 0 Å². The third-order valence-electron chi connectivity index (χ3n) is 5.06. The molecule has 158 valence electrons. The van der Waals surface area contributed by atoms with Crippen molar-refractivity contribution in [3.8, 4) is 10.7 Å². The Morgan fingerprint density at radius 1 is 1.30 bits per heavy atom. The Bertz CT molecular complexity index is 1160. The van der Waals surface area contributed by atoms with Crippen LogP contribution in [0, 0.1) is 0 Å². The molecule has 0 spiro atoms. The van der Waals surface area contributed by atoms with Crippen molar-refractivity contribution in [1.82, 2.24) is 14.4 Å². The molecule has 0 saturated heterocycles. The fourth-order valence-corrected chi connectivity index (χ4v) is 5.58. The van der Waals surface area contributed by atoms with Crippen molar-refractivity contribution in [2.75, 3.05) is 18.0 Å². The summed E-state index contributed by atoms with van der Waals surface area (Å²) in [5.41, 5.74) is 1.66. The van der Waals surface area contributed by atoms with Crippen LogP contribution in [-0.4, -0.2) is 41.9 Å². The lowest BCUT2D eigenvalue weighted by Crippen LogP contribution is -2.30. The van der Waals surface area contributed by atoms with E-state index in [2.05, 4.69) is 10.1 Å². The summed E-state index contributed by atoms with van der Waals surface area (Å²) in [4.78, 5) is 19.2. The molecule has 8 nitrogen and oxygen atoms in total. The molecule has 3 heterocycles. The van der Waals surface area contributed by atoms with Gasteiger partial charge in [-0.1, -0.05) is 25.1 Å². The van der Waals surface area contributed by atoms with E-state index in [9.17, 15) is 13.2 Å². The van der Waals surface area contributed by atoms with Crippen molar-refractivity contribution in [3.63, 3.8) is 0 Å². The van der Waals surface area contributed by atoms with Gasteiger partial charge in [0.15, 0.2) is 0 Å². The standard InChI is InChI=1S/C20H22N4O4S2/c1-3-19(25)24-10-9-14-12-15(7-8-16(14)24)30(26,27)23(4-2)13-18-21-20(22-28-18)17-6-5-11-29-17/h5-8,11-12H,3-4,9-10,13H2,1-2H3. The minimum Gasteiger partial charge on any atom is -0.337 e. The monoisotopic (exact) mass is 446 g/mol. The van der Waals surface area contributed by atoms with Crippen molar-refractivity contribution >= 4 is 33.0 Å². The van der Waals surface area contributed by atoms with Crippen LogP contribution >= 0.6 is 11.3 Å². The van der Waals surface area contributed by atoms with Gasteiger partial charge in [0.05, 0.1) is 16.3 Å². The maximum atomic E-state index is 13.2. The Labute approximate surface area is 179 Å². The third kappa shape index (κ3) is 3.78. The zero-order valence-corrected chi connectivity index (χ0v) is 18.4. The lowest BCUT2D eigenvalue weighted by atomic mass is 10.2.